The van der Waals surface area contributed by atoms with Crippen LogP contribution in [0.3, 0.4) is 0 Å². The fourth-order valence-electron chi connectivity index (χ4n) is 3.26. The summed E-state index contributed by atoms with van der Waals surface area (Å²) in [5.41, 5.74) is 1.92. The molecule has 27 heavy (non-hydrogen) atoms. The Morgan fingerprint density at radius 1 is 1.37 bits per heavy atom. The van der Waals surface area contributed by atoms with Gasteiger partial charge in [-0.25, -0.2) is 4.98 Å². The zero-order valence-corrected chi connectivity index (χ0v) is 16.5. The lowest BCUT2D eigenvalue weighted by Crippen LogP contribution is -2.31. The number of likely N-dealkylation sites (N-methyl/N-ethyl adjacent to an activating group) is 1. The van der Waals surface area contributed by atoms with E-state index in [4.69, 9.17) is 9.47 Å². The lowest BCUT2D eigenvalue weighted by Gasteiger charge is -2.24. The van der Waals surface area contributed by atoms with Gasteiger partial charge in [0.1, 0.15) is 12.4 Å². The van der Waals surface area contributed by atoms with Gasteiger partial charge in [0.15, 0.2) is 11.5 Å². The van der Waals surface area contributed by atoms with Crippen molar-refractivity contribution in [1.82, 2.24) is 14.5 Å². The number of carbonyl (C=O) groups excluding carboxylic acids is 1. The number of hydrogen-bond donors (Lipinski definition) is 1. The van der Waals surface area contributed by atoms with E-state index in [9.17, 15) is 4.79 Å². The van der Waals surface area contributed by atoms with Crippen molar-refractivity contribution in [3.63, 3.8) is 0 Å². The highest BCUT2D eigenvalue weighted by atomic mass is 16.5. The smallest absolute Gasteiger partial charge is 0.229 e. The molecule has 7 heteroatoms. The van der Waals surface area contributed by atoms with E-state index in [2.05, 4.69) is 14.9 Å². The summed E-state index contributed by atoms with van der Waals surface area (Å²) in [5, 5.41) is 3.03. The number of anilines is 1. The number of benzene rings is 1. The van der Waals surface area contributed by atoms with E-state index in [1.165, 1.54) is 5.69 Å². The van der Waals surface area contributed by atoms with Crippen LogP contribution < -0.4 is 14.8 Å². The minimum atomic E-state index is -0.0642. The van der Waals surface area contributed by atoms with E-state index in [1.54, 1.807) is 7.11 Å². The Morgan fingerprint density at radius 2 is 2.19 bits per heavy atom. The molecule has 146 valence electrons. The fourth-order valence-corrected chi connectivity index (χ4v) is 3.26. The van der Waals surface area contributed by atoms with Gasteiger partial charge in [-0.1, -0.05) is 0 Å². The molecule has 2 aromatic rings. The third kappa shape index (κ3) is 4.60. The lowest BCUT2D eigenvalue weighted by atomic mass is 9.97. The number of nitrogens with zero attached hydrogens (tertiary/aromatic N) is 3. The topological polar surface area (TPSA) is 68.6 Å². The van der Waals surface area contributed by atoms with Crippen molar-refractivity contribution in [3.8, 4) is 11.5 Å². The second-order valence-corrected chi connectivity index (χ2v) is 7.15. The fraction of sp³-hybridized carbons (Fsp3) is 0.500. The normalized spacial score (nSPS) is 16.1. The molecule has 0 fully saturated rings. The standard InChI is InChI=1S/C20H28N4O3/c1-14-21-12-17-7-5-15(13-24(14)17)20(25)22-16-6-8-18(26-4)19(11-16)27-10-9-23(2)3/h6,8,11-12,15H,5,7,9-10,13H2,1-4H3,(H,22,25). The van der Waals surface area contributed by atoms with Gasteiger partial charge in [0.25, 0.3) is 0 Å². The average molecular weight is 372 g/mol. The molecule has 0 spiro atoms. The number of carbonyl (C=O) groups is 1. The number of rotatable bonds is 7. The molecule has 1 aromatic heterocycles. The quantitative estimate of drug-likeness (QED) is 0.808. The monoisotopic (exact) mass is 372 g/mol. The van der Waals surface area contributed by atoms with Gasteiger partial charge in [-0.05, 0) is 46.0 Å². The van der Waals surface area contributed by atoms with E-state index in [-0.39, 0.29) is 11.8 Å². The maximum absolute atomic E-state index is 12.8. The van der Waals surface area contributed by atoms with Crippen molar-refractivity contribution in [2.45, 2.75) is 26.3 Å². The SMILES string of the molecule is COc1ccc(NC(=O)C2CCc3cnc(C)n3C2)cc1OCCN(C)C. The average Bonchev–Trinajstić information content (AvgIpc) is 3.02. The molecule has 1 aliphatic heterocycles. The van der Waals surface area contributed by atoms with Crippen molar-refractivity contribution in [2.75, 3.05) is 39.7 Å². The minimum absolute atomic E-state index is 0.0261. The predicted molar refractivity (Wildman–Crippen MR) is 104 cm³/mol. The summed E-state index contributed by atoms with van der Waals surface area (Å²) in [6, 6.07) is 5.48. The molecule has 0 radical (unpaired) electrons. The van der Waals surface area contributed by atoms with E-state index in [1.807, 2.05) is 50.3 Å². The number of hydrogen-bond acceptors (Lipinski definition) is 5. The van der Waals surface area contributed by atoms with Gasteiger partial charge in [-0.15, -0.1) is 0 Å². The number of nitrogens with one attached hydrogen (secondary N) is 1. The van der Waals surface area contributed by atoms with E-state index in [0.29, 0.717) is 30.3 Å². The van der Waals surface area contributed by atoms with Gasteiger partial charge >= 0.3 is 0 Å². The van der Waals surface area contributed by atoms with Gasteiger partial charge < -0.3 is 24.3 Å². The molecule has 0 bridgehead atoms. The molecule has 2 heterocycles. The zero-order chi connectivity index (χ0) is 19.4. The third-order valence-corrected chi connectivity index (χ3v) is 4.89. The van der Waals surface area contributed by atoms with Crippen LogP contribution in [0.1, 0.15) is 17.9 Å². The molecule has 1 N–H and O–H groups in total. The van der Waals surface area contributed by atoms with Crippen molar-refractivity contribution in [2.24, 2.45) is 5.92 Å². The third-order valence-electron chi connectivity index (χ3n) is 4.89. The number of fused-ring (bicyclic) bond motifs is 1. The highest BCUT2D eigenvalue weighted by Crippen LogP contribution is 2.31. The van der Waals surface area contributed by atoms with Crippen LogP contribution in [0.4, 0.5) is 5.69 Å². The van der Waals surface area contributed by atoms with Crippen molar-refractivity contribution in [3.05, 3.63) is 35.9 Å². The van der Waals surface area contributed by atoms with Crippen LogP contribution in [-0.4, -0.2) is 54.7 Å². The predicted octanol–water partition coefficient (Wildman–Crippen LogP) is 2.34. The Morgan fingerprint density at radius 3 is 2.93 bits per heavy atom. The zero-order valence-electron chi connectivity index (χ0n) is 16.5. The number of ether oxygens (including phenoxy) is 2. The van der Waals surface area contributed by atoms with Crippen molar-refractivity contribution >= 4 is 11.6 Å². The van der Waals surface area contributed by atoms with Crippen LogP contribution in [0.15, 0.2) is 24.4 Å². The van der Waals surface area contributed by atoms with E-state index >= 15 is 0 Å². The second-order valence-electron chi connectivity index (χ2n) is 7.15. The molecule has 1 aromatic carbocycles. The Kier molecular flexibility index (Phi) is 6.01. The molecule has 1 aliphatic rings. The summed E-state index contributed by atoms with van der Waals surface area (Å²) in [7, 11) is 5.60. The lowest BCUT2D eigenvalue weighted by molar-refractivity contribution is -0.120. The van der Waals surface area contributed by atoms with Gasteiger partial charge in [0, 0.05) is 36.7 Å². The van der Waals surface area contributed by atoms with Crippen LogP contribution in [-0.2, 0) is 17.8 Å². The summed E-state index contributed by atoms with van der Waals surface area (Å²) in [6.45, 7) is 4.00. The Bertz CT molecular complexity index is 801. The highest BCUT2D eigenvalue weighted by Gasteiger charge is 2.26. The van der Waals surface area contributed by atoms with Crippen LogP contribution in [0.25, 0.3) is 0 Å². The second kappa shape index (κ2) is 8.43. The summed E-state index contributed by atoms with van der Waals surface area (Å²) in [4.78, 5) is 19.2. The number of imidazole rings is 1. The van der Waals surface area contributed by atoms with Gasteiger partial charge in [0.05, 0.1) is 13.0 Å². The molecular weight excluding hydrogens is 344 g/mol. The van der Waals surface area contributed by atoms with E-state index < -0.39 is 0 Å². The molecule has 0 saturated carbocycles. The van der Waals surface area contributed by atoms with Gasteiger partial charge in [0.2, 0.25) is 5.91 Å². The van der Waals surface area contributed by atoms with Crippen LogP contribution in [0.2, 0.25) is 0 Å². The Hall–Kier alpha value is -2.54. The minimum Gasteiger partial charge on any atom is -0.493 e. The number of amides is 1. The first-order valence-electron chi connectivity index (χ1n) is 9.25. The molecule has 0 aliphatic carbocycles. The summed E-state index contributed by atoms with van der Waals surface area (Å²) < 4.78 is 13.3. The number of methoxy groups -OCH3 is 1. The molecule has 1 atom stereocenters. The first-order chi connectivity index (χ1) is 13.0. The van der Waals surface area contributed by atoms with Gasteiger partial charge in [-0.3, -0.25) is 4.79 Å². The summed E-state index contributed by atoms with van der Waals surface area (Å²) in [5.74, 6) is 2.21. The molecule has 3 rings (SSSR count). The van der Waals surface area contributed by atoms with Crippen molar-refractivity contribution < 1.29 is 14.3 Å². The van der Waals surface area contributed by atoms with Gasteiger partial charge in [-0.2, -0.15) is 0 Å². The number of aromatic nitrogens is 2. The van der Waals surface area contributed by atoms with Crippen LogP contribution >= 0.6 is 0 Å². The van der Waals surface area contributed by atoms with Crippen LogP contribution in [0.5, 0.6) is 11.5 Å². The van der Waals surface area contributed by atoms with E-state index in [0.717, 1.165) is 25.2 Å². The maximum atomic E-state index is 12.8. The first kappa shape index (κ1) is 19.2. The van der Waals surface area contributed by atoms with Crippen molar-refractivity contribution in [1.29, 1.82) is 0 Å². The Labute approximate surface area is 160 Å². The summed E-state index contributed by atoms with van der Waals surface area (Å²) >= 11 is 0. The molecule has 0 saturated heterocycles. The number of aryl methyl sites for hydroxylation is 2. The first-order valence-corrected chi connectivity index (χ1v) is 9.25. The Balaban J connectivity index is 1.66. The highest BCUT2D eigenvalue weighted by molar-refractivity contribution is 5.93. The largest absolute Gasteiger partial charge is 0.493 e. The maximum Gasteiger partial charge on any atom is 0.229 e. The molecule has 1 amide bonds. The molecule has 7 nitrogen and oxygen atoms in total. The summed E-state index contributed by atoms with van der Waals surface area (Å²) in [6.07, 6.45) is 3.62. The molecule has 1 unspecified atom stereocenters. The van der Waals surface area contributed by atoms with Crippen LogP contribution in [0, 0.1) is 12.8 Å². The molecular formula is C20H28N4O3.